The molecule has 0 aliphatic carbocycles. The molecule has 112 valence electrons. The number of hydrogen-bond donors (Lipinski definition) is 1. The van der Waals surface area contributed by atoms with Crippen LogP contribution in [0.2, 0.25) is 0 Å². The molecule has 0 aromatic carbocycles. The summed E-state index contributed by atoms with van der Waals surface area (Å²) in [5.74, 6) is -3.01. The van der Waals surface area contributed by atoms with Crippen molar-refractivity contribution in [3.05, 3.63) is 32.9 Å². The molecule has 0 radical (unpaired) electrons. The number of alkyl halides is 1. The van der Waals surface area contributed by atoms with Crippen LogP contribution in [0.5, 0.6) is 0 Å². The van der Waals surface area contributed by atoms with Crippen LogP contribution in [0.25, 0.3) is 0 Å². The molecular weight excluding hydrogens is 274 g/mol. The topological polar surface area (TPSA) is 73.3 Å². The lowest BCUT2D eigenvalue weighted by molar-refractivity contribution is -0.241. The summed E-state index contributed by atoms with van der Waals surface area (Å²) in [5, 5.41) is 0. The number of methoxy groups -OCH3 is 1. The van der Waals surface area contributed by atoms with Gasteiger partial charge in [0.2, 0.25) is 5.82 Å². The fourth-order valence-corrected chi connectivity index (χ4v) is 2.51. The standard InChI is InChI=1S/C12H16F2N2O4/c1-4-12(19-3)6(2)8(14)10(20-12)16-5-7(13)9(17)15-11(16)18/h5-6,8,10H,4H2,1-3H3,(H,15,17,18)/t6-,8-,10+,12+/m0/s1. The SMILES string of the molecule is CC[C@@]1(OC)O[C@@H](n2cc(F)c(=O)[nH]c2=O)[C@@H](F)[C@@H]1C. The van der Waals surface area contributed by atoms with Gasteiger partial charge >= 0.3 is 5.69 Å². The van der Waals surface area contributed by atoms with Gasteiger partial charge in [-0.2, -0.15) is 4.39 Å². The molecule has 0 saturated carbocycles. The third kappa shape index (κ3) is 2.08. The van der Waals surface area contributed by atoms with Crippen molar-refractivity contribution >= 4 is 0 Å². The van der Waals surface area contributed by atoms with E-state index >= 15 is 0 Å². The lowest BCUT2D eigenvalue weighted by Gasteiger charge is -2.29. The number of rotatable bonds is 3. The van der Waals surface area contributed by atoms with Crippen molar-refractivity contribution in [2.24, 2.45) is 5.92 Å². The monoisotopic (exact) mass is 290 g/mol. The maximum absolute atomic E-state index is 14.4. The molecule has 0 bridgehead atoms. The lowest BCUT2D eigenvalue weighted by Crippen LogP contribution is -2.37. The Kier molecular flexibility index (Phi) is 3.79. The Morgan fingerprint density at radius 1 is 1.55 bits per heavy atom. The first-order valence-corrected chi connectivity index (χ1v) is 6.24. The molecule has 0 unspecified atom stereocenters. The molecule has 2 rings (SSSR count). The van der Waals surface area contributed by atoms with E-state index in [1.807, 2.05) is 0 Å². The first kappa shape index (κ1) is 14.9. The van der Waals surface area contributed by atoms with Crippen LogP contribution in [0.1, 0.15) is 26.5 Å². The van der Waals surface area contributed by atoms with Crippen molar-refractivity contribution in [3.63, 3.8) is 0 Å². The van der Waals surface area contributed by atoms with Crippen molar-refractivity contribution in [1.82, 2.24) is 9.55 Å². The maximum Gasteiger partial charge on any atom is 0.330 e. The number of ether oxygens (including phenoxy) is 2. The smallest absolute Gasteiger partial charge is 0.330 e. The zero-order chi connectivity index (χ0) is 15.1. The molecule has 1 N–H and O–H groups in total. The van der Waals surface area contributed by atoms with E-state index in [9.17, 15) is 18.4 Å². The van der Waals surface area contributed by atoms with E-state index < -0.39 is 41.2 Å². The number of aromatic nitrogens is 2. The summed E-state index contributed by atoms with van der Waals surface area (Å²) in [5.41, 5.74) is -2.08. The highest BCUT2D eigenvalue weighted by molar-refractivity contribution is 4.96. The normalized spacial score (nSPS) is 33.5. The second kappa shape index (κ2) is 5.10. The third-order valence-corrected chi connectivity index (χ3v) is 3.80. The maximum atomic E-state index is 14.4. The summed E-state index contributed by atoms with van der Waals surface area (Å²) in [4.78, 5) is 24.4. The van der Waals surface area contributed by atoms with Gasteiger partial charge in [-0.3, -0.25) is 14.3 Å². The van der Waals surface area contributed by atoms with Crippen LogP contribution in [-0.2, 0) is 9.47 Å². The van der Waals surface area contributed by atoms with Crippen molar-refractivity contribution < 1.29 is 18.3 Å². The number of halogens is 2. The Morgan fingerprint density at radius 3 is 2.70 bits per heavy atom. The van der Waals surface area contributed by atoms with Gasteiger partial charge in [-0.1, -0.05) is 13.8 Å². The van der Waals surface area contributed by atoms with E-state index in [2.05, 4.69) is 0 Å². The van der Waals surface area contributed by atoms with Crippen molar-refractivity contribution in [2.75, 3.05) is 7.11 Å². The largest absolute Gasteiger partial charge is 0.353 e. The summed E-state index contributed by atoms with van der Waals surface area (Å²) in [7, 11) is 1.38. The van der Waals surface area contributed by atoms with Crippen molar-refractivity contribution in [3.8, 4) is 0 Å². The van der Waals surface area contributed by atoms with Crippen LogP contribution in [0.15, 0.2) is 15.8 Å². The summed E-state index contributed by atoms with van der Waals surface area (Å²) in [6.07, 6.45) is -1.91. The van der Waals surface area contributed by atoms with Gasteiger partial charge in [-0.25, -0.2) is 9.18 Å². The number of nitrogens with one attached hydrogen (secondary N) is 1. The van der Waals surface area contributed by atoms with Crippen molar-refractivity contribution in [1.29, 1.82) is 0 Å². The molecule has 1 aromatic heterocycles. The molecule has 20 heavy (non-hydrogen) atoms. The third-order valence-electron chi connectivity index (χ3n) is 3.80. The second-order valence-electron chi connectivity index (χ2n) is 4.75. The minimum Gasteiger partial charge on any atom is -0.353 e. The lowest BCUT2D eigenvalue weighted by atomic mass is 9.96. The van der Waals surface area contributed by atoms with Crippen LogP contribution >= 0.6 is 0 Å². The zero-order valence-electron chi connectivity index (χ0n) is 11.4. The Bertz CT molecular complexity index is 608. The number of H-pyrrole nitrogens is 1. The molecule has 1 fully saturated rings. The number of hydrogen-bond acceptors (Lipinski definition) is 4. The second-order valence-corrected chi connectivity index (χ2v) is 4.75. The van der Waals surface area contributed by atoms with E-state index in [-0.39, 0.29) is 0 Å². The highest BCUT2D eigenvalue weighted by Gasteiger charge is 2.54. The average Bonchev–Trinajstić information content (AvgIpc) is 2.68. The van der Waals surface area contributed by atoms with Gasteiger partial charge in [0.05, 0.1) is 6.20 Å². The van der Waals surface area contributed by atoms with Crippen LogP contribution in [-0.4, -0.2) is 28.6 Å². The minimum absolute atomic E-state index is 0.363. The quantitative estimate of drug-likeness (QED) is 0.899. The molecule has 0 spiro atoms. The molecule has 1 aliphatic rings. The molecule has 4 atom stereocenters. The molecule has 6 nitrogen and oxygen atoms in total. The van der Waals surface area contributed by atoms with E-state index in [1.165, 1.54) is 7.11 Å². The Morgan fingerprint density at radius 2 is 2.20 bits per heavy atom. The summed E-state index contributed by atoms with van der Waals surface area (Å²) < 4.78 is 39.1. The summed E-state index contributed by atoms with van der Waals surface area (Å²) >= 11 is 0. The van der Waals surface area contributed by atoms with E-state index in [0.29, 0.717) is 17.2 Å². The summed E-state index contributed by atoms with van der Waals surface area (Å²) in [6, 6.07) is 0. The molecule has 1 aromatic rings. The predicted octanol–water partition coefficient (Wildman–Crippen LogP) is 0.931. The molecule has 1 aliphatic heterocycles. The summed E-state index contributed by atoms with van der Waals surface area (Å²) in [6.45, 7) is 3.34. The molecule has 0 amide bonds. The van der Waals surface area contributed by atoms with Crippen LogP contribution in [0.3, 0.4) is 0 Å². The molecular formula is C12H16F2N2O4. The highest BCUT2D eigenvalue weighted by atomic mass is 19.1. The fourth-order valence-electron chi connectivity index (χ4n) is 2.51. The van der Waals surface area contributed by atoms with E-state index in [4.69, 9.17) is 9.47 Å². The number of aromatic amines is 1. The van der Waals surface area contributed by atoms with Crippen LogP contribution in [0, 0.1) is 11.7 Å². The van der Waals surface area contributed by atoms with Gasteiger partial charge < -0.3 is 9.47 Å². The van der Waals surface area contributed by atoms with Gasteiger partial charge in [0.1, 0.15) is 0 Å². The number of nitrogens with zero attached hydrogens (tertiary/aromatic N) is 1. The zero-order valence-corrected chi connectivity index (χ0v) is 11.4. The predicted molar refractivity (Wildman–Crippen MR) is 65.5 cm³/mol. The first-order chi connectivity index (χ1) is 9.36. The van der Waals surface area contributed by atoms with Gasteiger partial charge in [0.15, 0.2) is 18.2 Å². The highest BCUT2D eigenvalue weighted by Crippen LogP contribution is 2.44. The molecule has 2 heterocycles. The van der Waals surface area contributed by atoms with Crippen molar-refractivity contribution in [2.45, 2.75) is 38.5 Å². The van der Waals surface area contributed by atoms with Crippen LogP contribution < -0.4 is 11.2 Å². The van der Waals surface area contributed by atoms with Gasteiger partial charge in [0, 0.05) is 13.0 Å². The first-order valence-electron chi connectivity index (χ1n) is 6.24. The fraction of sp³-hybridized carbons (Fsp3) is 0.667. The van der Waals surface area contributed by atoms with E-state index in [0.717, 1.165) is 0 Å². The minimum atomic E-state index is -1.57. The van der Waals surface area contributed by atoms with E-state index in [1.54, 1.807) is 18.8 Å². The molecule has 1 saturated heterocycles. The van der Waals surface area contributed by atoms with Gasteiger partial charge in [-0.15, -0.1) is 0 Å². The Labute approximate surface area is 113 Å². The Balaban J connectivity index is 2.47. The molecule has 8 heteroatoms. The van der Waals surface area contributed by atoms with Gasteiger partial charge in [0.25, 0.3) is 5.56 Å². The van der Waals surface area contributed by atoms with Gasteiger partial charge in [-0.05, 0) is 6.42 Å². The van der Waals surface area contributed by atoms with Crippen LogP contribution in [0.4, 0.5) is 8.78 Å². The average molecular weight is 290 g/mol. The Hall–Kier alpha value is -1.54.